The summed E-state index contributed by atoms with van der Waals surface area (Å²) in [5.74, 6) is 0.0513. The van der Waals surface area contributed by atoms with Crippen LogP contribution in [0, 0.1) is 11.3 Å². The molecule has 0 amide bonds. The molecular weight excluding hydrogens is 248 g/mol. The Morgan fingerprint density at radius 3 is 2.83 bits per heavy atom. The molecule has 3 nitrogen and oxygen atoms in total. The van der Waals surface area contributed by atoms with E-state index in [1.807, 2.05) is 12.2 Å². The summed E-state index contributed by atoms with van der Waals surface area (Å²) in [6, 6.07) is 8.76. The highest BCUT2D eigenvalue weighted by Gasteiger charge is 1.99. The number of rotatable bonds is 2. The fourth-order valence-corrected chi connectivity index (χ4v) is 1.65. The number of phenolic OH excluding ortho intramolecular Hbond substituents is 1. The van der Waals surface area contributed by atoms with Gasteiger partial charge in [0, 0.05) is 12.4 Å². The number of nitriles is 1. The van der Waals surface area contributed by atoms with Crippen molar-refractivity contribution in [3.63, 3.8) is 0 Å². The fraction of sp³-hybridized carbons (Fsp3) is 0. The Kier molecular flexibility index (Phi) is 3.61. The standard InChI is InChI=1S/C14H9ClN2O/c15-13-7-10(2-4-14(13)18)1-3-11-5-6-17-9-12(11)8-16/h1-7,9,18H. The van der Waals surface area contributed by atoms with Gasteiger partial charge < -0.3 is 5.11 Å². The lowest BCUT2D eigenvalue weighted by Crippen LogP contribution is -1.83. The summed E-state index contributed by atoms with van der Waals surface area (Å²) < 4.78 is 0. The van der Waals surface area contributed by atoms with E-state index in [9.17, 15) is 5.11 Å². The Morgan fingerprint density at radius 2 is 2.11 bits per heavy atom. The molecule has 2 aromatic rings. The smallest absolute Gasteiger partial charge is 0.134 e. The van der Waals surface area contributed by atoms with Crippen molar-refractivity contribution in [3.8, 4) is 11.8 Å². The predicted molar refractivity (Wildman–Crippen MR) is 71.0 cm³/mol. The molecule has 0 saturated carbocycles. The van der Waals surface area contributed by atoms with Crippen LogP contribution in [0.4, 0.5) is 0 Å². The zero-order valence-electron chi connectivity index (χ0n) is 9.34. The third kappa shape index (κ3) is 2.68. The van der Waals surface area contributed by atoms with Gasteiger partial charge in [-0.2, -0.15) is 5.26 Å². The van der Waals surface area contributed by atoms with Crippen LogP contribution in [0.2, 0.25) is 5.02 Å². The average Bonchev–Trinajstić information content (AvgIpc) is 2.40. The normalized spacial score (nSPS) is 10.4. The molecule has 0 fully saturated rings. The van der Waals surface area contributed by atoms with Crippen molar-refractivity contribution in [2.24, 2.45) is 0 Å². The van der Waals surface area contributed by atoms with Crippen molar-refractivity contribution < 1.29 is 5.11 Å². The van der Waals surface area contributed by atoms with Gasteiger partial charge in [0.15, 0.2) is 0 Å². The Bertz CT molecular complexity index is 644. The van der Waals surface area contributed by atoms with E-state index in [1.54, 1.807) is 24.4 Å². The van der Waals surface area contributed by atoms with E-state index in [1.165, 1.54) is 12.3 Å². The third-order valence-corrected chi connectivity index (χ3v) is 2.71. The van der Waals surface area contributed by atoms with E-state index < -0.39 is 0 Å². The van der Waals surface area contributed by atoms with Gasteiger partial charge in [-0.15, -0.1) is 0 Å². The lowest BCUT2D eigenvalue weighted by Gasteiger charge is -1.99. The molecule has 1 aromatic carbocycles. The van der Waals surface area contributed by atoms with Crippen molar-refractivity contribution in [1.29, 1.82) is 5.26 Å². The van der Waals surface area contributed by atoms with Crippen LogP contribution in [-0.2, 0) is 0 Å². The highest BCUT2D eigenvalue weighted by molar-refractivity contribution is 6.32. The predicted octanol–water partition coefficient (Wildman–Crippen LogP) is 3.48. The Hall–Kier alpha value is -2.31. The van der Waals surface area contributed by atoms with Crippen molar-refractivity contribution in [1.82, 2.24) is 4.98 Å². The molecule has 4 heteroatoms. The molecule has 0 saturated heterocycles. The summed E-state index contributed by atoms with van der Waals surface area (Å²) in [6.07, 6.45) is 6.78. The van der Waals surface area contributed by atoms with Crippen molar-refractivity contribution >= 4 is 23.8 Å². The molecule has 0 bridgehead atoms. The minimum Gasteiger partial charge on any atom is -0.506 e. The molecule has 0 spiro atoms. The van der Waals surface area contributed by atoms with Crippen molar-refractivity contribution in [3.05, 3.63) is 58.4 Å². The van der Waals surface area contributed by atoms with Crippen LogP contribution in [0.15, 0.2) is 36.7 Å². The van der Waals surface area contributed by atoms with Crippen LogP contribution in [0.25, 0.3) is 12.2 Å². The monoisotopic (exact) mass is 256 g/mol. The number of aromatic nitrogens is 1. The van der Waals surface area contributed by atoms with Crippen LogP contribution < -0.4 is 0 Å². The molecule has 2 rings (SSSR count). The molecule has 0 aliphatic carbocycles. The molecule has 88 valence electrons. The van der Waals surface area contributed by atoms with Crippen LogP contribution >= 0.6 is 11.6 Å². The molecule has 18 heavy (non-hydrogen) atoms. The second kappa shape index (κ2) is 5.35. The number of hydrogen-bond donors (Lipinski definition) is 1. The van der Waals surface area contributed by atoms with Gasteiger partial charge in [-0.25, -0.2) is 0 Å². The number of benzene rings is 1. The van der Waals surface area contributed by atoms with Crippen LogP contribution in [0.1, 0.15) is 16.7 Å². The van der Waals surface area contributed by atoms with Crippen molar-refractivity contribution in [2.75, 3.05) is 0 Å². The molecule has 0 unspecified atom stereocenters. The number of nitrogens with zero attached hydrogens (tertiary/aromatic N) is 2. The number of pyridine rings is 1. The summed E-state index contributed by atoms with van der Waals surface area (Å²) in [5.41, 5.74) is 2.15. The quantitative estimate of drug-likeness (QED) is 0.895. The molecule has 1 N–H and O–H groups in total. The van der Waals surface area contributed by atoms with Gasteiger partial charge in [0.25, 0.3) is 0 Å². The van der Waals surface area contributed by atoms with E-state index in [4.69, 9.17) is 16.9 Å². The third-order valence-electron chi connectivity index (χ3n) is 2.40. The first kappa shape index (κ1) is 12.2. The summed E-state index contributed by atoms with van der Waals surface area (Å²) in [4.78, 5) is 3.89. The molecule has 0 radical (unpaired) electrons. The van der Waals surface area contributed by atoms with Gasteiger partial charge >= 0.3 is 0 Å². The van der Waals surface area contributed by atoms with Gasteiger partial charge in [-0.3, -0.25) is 4.98 Å². The Balaban J connectivity index is 2.30. The van der Waals surface area contributed by atoms with E-state index >= 15 is 0 Å². The molecule has 0 aliphatic heterocycles. The molecular formula is C14H9ClN2O. The van der Waals surface area contributed by atoms with E-state index in [0.29, 0.717) is 10.6 Å². The molecule has 0 aliphatic rings. The van der Waals surface area contributed by atoms with Gasteiger partial charge in [0.2, 0.25) is 0 Å². The first-order valence-corrected chi connectivity index (χ1v) is 5.59. The topological polar surface area (TPSA) is 56.9 Å². The molecule has 1 aromatic heterocycles. The van der Waals surface area contributed by atoms with Crippen LogP contribution in [0.3, 0.4) is 0 Å². The molecule has 0 atom stereocenters. The maximum absolute atomic E-state index is 9.30. The van der Waals surface area contributed by atoms with E-state index in [-0.39, 0.29) is 5.75 Å². The maximum Gasteiger partial charge on any atom is 0.134 e. The highest BCUT2D eigenvalue weighted by atomic mass is 35.5. The lowest BCUT2D eigenvalue weighted by atomic mass is 10.1. The van der Waals surface area contributed by atoms with E-state index in [0.717, 1.165) is 11.1 Å². The van der Waals surface area contributed by atoms with Crippen LogP contribution in [-0.4, -0.2) is 10.1 Å². The number of aromatic hydroxyl groups is 1. The summed E-state index contributed by atoms with van der Waals surface area (Å²) in [7, 11) is 0. The second-order valence-electron chi connectivity index (χ2n) is 3.62. The Labute approximate surface area is 110 Å². The number of phenols is 1. The minimum atomic E-state index is 0.0513. The average molecular weight is 257 g/mol. The number of hydrogen-bond acceptors (Lipinski definition) is 3. The fourth-order valence-electron chi connectivity index (χ4n) is 1.46. The maximum atomic E-state index is 9.30. The molecule has 1 heterocycles. The Morgan fingerprint density at radius 1 is 1.28 bits per heavy atom. The zero-order valence-corrected chi connectivity index (χ0v) is 10.1. The number of halogens is 1. The van der Waals surface area contributed by atoms with Gasteiger partial charge in [0.1, 0.15) is 11.8 Å². The first-order valence-electron chi connectivity index (χ1n) is 5.21. The summed E-state index contributed by atoms with van der Waals surface area (Å²) >= 11 is 5.81. The first-order chi connectivity index (χ1) is 8.70. The van der Waals surface area contributed by atoms with E-state index in [2.05, 4.69) is 11.1 Å². The largest absolute Gasteiger partial charge is 0.506 e. The summed E-state index contributed by atoms with van der Waals surface area (Å²) in [6.45, 7) is 0. The van der Waals surface area contributed by atoms with Crippen LogP contribution in [0.5, 0.6) is 5.75 Å². The summed E-state index contributed by atoms with van der Waals surface area (Å²) in [5, 5.41) is 18.5. The lowest BCUT2D eigenvalue weighted by molar-refractivity contribution is 0.475. The zero-order chi connectivity index (χ0) is 13.0. The van der Waals surface area contributed by atoms with Gasteiger partial charge in [-0.1, -0.05) is 29.8 Å². The van der Waals surface area contributed by atoms with Gasteiger partial charge in [0.05, 0.1) is 10.6 Å². The minimum absolute atomic E-state index is 0.0513. The highest BCUT2D eigenvalue weighted by Crippen LogP contribution is 2.24. The second-order valence-corrected chi connectivity index (χ2v) is 4.03. The SMILES string of the molecule is N#Cc1cnccc1C=Cc1ccc(O)c(Cl)c1. The van der Waals surface area contributed by atoms with Crippen molar-refractivity contribution in [2.45, 2.75) is 0 Å². The van der Waals surface area contributed by atoms with Gasteiger partial charge in [-0.05, 0) is 29.3 Å².